The molecule has 15 heteroatoms. The van der Waals surface area contributed by atoms with Crippen molar-refractivity contribution < 1.29 is 35.9 Å². The van der Waals surface area contributed by atoms with E-state index in [0.717, 1.165) is 18.3 Å². The first-order valence-corrected chi connectivity index (χ1v) is 12.2. The molecular formula is C25H25F6N7O2. The number of halogens is 6. The summed E-state index contributed by atoms with van der Waals surface area (Å²) in [6, 6.07) is 4.17. The van der Waals surface area contributed by atoms with Gasteiger partial charge in [0.1, 0.15) is 17.1 Å². The van der Waals surface area contributed by atoms with Gasteiger partial charge in [0.2, 0.25) is 18.2 Å². The third-order valence-electron chi connectivity index (χ3n) is 6.18. The number of carbonyl (C=O) groups excluding carboxylic acids is 1. The predicted molar refractivity (Wildman–Crippen MR) is 133 cm³/mol. The molecule has 4 rings (SSSR count). The molecule has 1 unspecified atom stereocenters. The van der Waals surface area contributed by atoms with Gasteiger partial charge in [0, 0.05) is 38.4 Å². The van der Waals surface area contributed by atoms with Crippen LogP contribution in [0.4, 0.5) is 43.8 Å². The van der Waals surface area contributed by atoms with E-state index >= 15 is 0 Å². The van der Waals surface area contributed by atoms with E-state index in [0.29, 0.717) is 42.7 Å². The first kappa shape index (κ1) is 28.8. The lowest BCUT2D eigenvalue weighted by molar-refractivity contribution is -0.141. The van der Waals surface area contributed by atoms with Gasteiger partial charge in [-0.25, -0.2) is 15.0 Å². The van der Waals surface area contributed by atoms with Gasteiger partial charge in [0.25, 0.3) is 0 Å². The lowest BCUT2D eigenvalue weighted by Crippen LogP contribution is -2.37. The molecule has 3 aromatic rings. The van der Waals surface area contributed by atoms with Crippen LogP contribution in [-0.2, 0) is 23.9 Å². The zero-order valence-electron chi connectivity index (χ0n) is 21.4. The lowest BCUT2D eigenvalue weighted by Gasteiger charge is -2.33. The summed E-state index contributed by atoms with van der Waals surface area (Å²) in [5.74, 6) is 0.591. The second-order valence-corrected chi connectivity index (χ2v) is 9.18. The summed E-state index contributed by atoms with van der Waals surface area (Å²) < 4.78 is 82.6. The minimum absolute atomic E-state index is 0.0783. The Kier molecular flexibility index (Phi) is 8.30. The van der Waals surface area contributed by atoms with Gasteiger partial charge in [-0.2, -0.15) is 31.3 Å². The zero-order valence-corrected chi connectivity index (χ0v) is 21.4. The molecule has 40 heavy (non-hydrogen) atoms. The van der Waals surface area contributed by atoms with E-state index in [-0.39, 0.29) is 29.9 Å². The highest BCUT2D eigenvalue weighted by Crippen LogP contribution is 2.37. The number of amides is 1. The molecule has 0 aliphatic carbocycles. The number of hydrogen-bond donors (Lipinski definition) is 1. The van der Waals surface area contributed by atoms with Gasteiger partial charge in [0.15, 0.2) is 5.82 Å². The molecule has 0 saturated carbocycles. The van der Waals surface area contributed by atoms with Gasteiger partial charge in [-0.3, -0.25) is 4.79 Å². The number of fused-ring (bicyclic) bond motifs is 1. The van der Waals surface area contributed by atoms with Crippen LogP contribution in [0.2, 0.25) is 0 Å². The van der Waals surface area contributed by atoms with Crippen molar-refractivity contribution in [2.24, 2.45) is 0 Å². The average Bonchev–Trinajstić information content (AvgIpc) is 2.90. The molecule has 0 fully saturated rings. The van der Waals surface area contributed by atoms with E-state index in [9.17, 15) is 31.1 Å². The Labute approximate surface area is 225 Å². The van der Waals surface area contributed by atoms with Gasteiger partial charge in [0.05, 0.1) is 18.3 Å². The minimum Gasteiger partial charge on any atom is -0.437 e. The Morgan fingerprint density at radius 1 is 1.10 bits per heavy atom. The number of alkyl halides is 6. The van der Waals surface area contributed by atoms with Crippen molar-refractivity contribution in [3.8, 4) is 11.6 Å². The van der Waals surface area contributed by atoms with Crippen LogP contribution >= 0.6 is 0 Å². The van der Waals surface area contributed by atoms with Crippen molar-refractivity contribution in [3.05, 3.63) is 53.6 Å². The van der Waals surface area contributed by atoms with Crippen molar-refractivity contribution in [2.45, 2.75) is 51.1 Å². The molecule has 1 amide bonds. The van der Waals surface area contributed by atoms with Crippen LogP contribution in [0.5, 0.6) is 11.6 Å². The van der Waals surface area contributed by atoms with Crippen LogP contribution in [-0.4, -0.2) is 52.2 Å². The molecule has 0 saturated heterocycles. The fraction of sp³-hybridized carbons (Fsp3) is 0.400. The van der Waals surface area contributed by atoms with Crippen LogP contribution in [0.15, 0.2) is 36.7 Å². The molecule has 4 heterocycles. The molecule has 1 N–H and O–H groups in total. The Hall–Kier alpha value is -4.17. The van der Waals surface area contributed by atoms with Crippen molar-refractivity contribution in [1.82, 2.24) is 19.9 Å². The molecule has 0 spiro atoms. The fourth-order valence-electron chi connectivity index (χ4n) is 4.08. The minimum atomic E-state index is -4.56. The number of pyridine rings is 2. The first-order chi connectivity index (χ1) is 18.8. The van der Waals surface area contributed by atoms with Crippen LogP contribution in [0.1, 0.15) is 36.7 Å². The van der Waals surface area contributed by atoms with Gasteiger partial charge >= 0.3 is 12.4 Å². The number of hydrogen-bond acceptors (Lipinski definition) is 8. The third kappa shape index (κ3) is 7.07. The number of aromatic nitrogens is 4. The Bertz CT molecular complexity index is 1320. The quantitative estimate of drug-likeness (QED) is 0.271. The van der Waals surface area contributed by atoms with Gasteiger partial charge < -0.3 is 19.9 Å². The Morgan fingerprint density at radius 3 is 2.48 bits per heavy atom. The molecule has 3 aromatic heterocycles. The summed E-state index contributed by atoms with van der Waals surface area (Å²) in [6.45, 7) is 2.04. The average molecular weight is 570 g/mol. The number of anilines is 3. The summed E-state index contributed by atoms with van der Waals surface area (Å²) >= 11 is 0. The molecule has 9 nitrogen and oxygen atoms in total. The van der Waals surface area contributed by atoms with Crippen LogP contribution in [0, 0.1) is 0 Å². The number of carbonyl (C=O) groups is 1. The number of aryl methyl sites for hydroxylation is 1. The van der Waals surface area contributed by atoms with Crippen molar-refractivity contribution in [1.29, 1.82) is 0 Å². The maximum atomic E-state index is 13.1. The van der Waals surface area contributed by atoms with Crippen molar-refractivity contribution in [2.75, 3.05) is 28.7 Å². The summed E-state index contributed by atoms with van der Waals surface area (Å²) in [7, 11) is 1.50. The zero-order chi connectivity index (χ0) is 29.1. The summed E-state index contributed by atoms with van der Waals surface area (Å²) in [5, 5.41) is 3.04. The summed E-state index contributed by atoms with van der Waals surface area (Å²) in [5.41, 5.74) is 0.573. The van der Waals surface area contributed by atoms with E-state index in [1.54, 1.807) is 6.07 Å². The smallest absolute Gasteiger partial charge is 0.433 e. The Balaban J connectivity index is 1.48. The highest BCUT2D eigenvalue weighted by Gasteiger charge is 2.34. The van der Waals surface area contributed by atoms with Crippen molar-refractivity contribution in [3.63, 3.8) is 0 Å². The third-order valence-corrected chi connectivity index (χ3v) is 6.18. The van der Waals surface area contributed by atoms with Gasteiger partial charge in [-0.05, 0) is 37.5 Å². The molecule has 0 aromatic carbocycles. The normalized spacial score (nSPS) is 14.3. The second-order valence-electron chi connectivity index (χ2n) is 9.18. The van der Waals surface area contributed by atoms with Crippen LogP contribution in [0.3, 0.4) is 0 Å². The molecule has 214 valence electrons. The van der Waals surface area contributed by atoms with Gasteiger partial charge in [-0.1, -0.05) is 6.07 Å². The van der Waals surface area contributed by atoms with Gasteiger partial charge in [-0.15, -0.1) is 0 Å². The fourth-order valence-corrected chi connectivity index (χ4v) is 4.08. The summed E-state index contributed by atoms with van der Waals surface area (Å²) in [6.07, 6.45) is -5.78. The number of rotatable bonds is 9. The number of ether oxygens (including phenoxy) is 1. The van der Waals surface area contributed by atoms with E-state index in [2.05, 4.69) is 25.3 Å². The molecule has 0 radical (unpaired) electrons. The molecule has 1 atom stereocenters. The molecule has 1 aliphatic rings. The highest BCUT2D eigenvalue weighted by molar-refractivity contribution is 5.85. The SMILES string of the molecule is CC(CC(F)(F)F)N(C)c1nc(NCc2ccc(Oc3ccc(C(F)(F)F)nc3)nc2)nc2c1N(C=O)CCC2. The molecule has 0 bridgehead atoms. The monoisotopic (exact) mass is 569 g/mol. The van der Waals surface area contributed by atoms with E-state index in [1.807, 2.05) is 0 Å². The molecular weight excluding hydrogens is 544 g/mol. The van der Waals surface area contributed by atoms with Crippen molar-refractivity contribution >= 4 is 23.9 Å². The lowest BCUT2D eigenvalue weighted by atomic mass is 10.1. The summed E-state index contributed by atoms with van der Waals surface area (Å²) in [4.78, 5) is 30.9. The largest absolute Gasteiger partial charge is 0.437 e. The highest BCUT2D eigenvalue weighted by atomic mass is 19.4. The van der Waals surface area contributed by atoms with Crippen LogP contribution < -0.4 is 19.9 Å². The maximum Gasteiger partial charge on any atom is 0.433 e. The predicted octanol–water partition coefficient (Wildman–Crippen LogP) is 5.38. The second kappa shape index (κ2) is 11.5. The number of nitrogens with one attached hydrogen (secondary N) is 1. The van der Waals surface area contributed by atoms with E-state index in [1.165, 1.54) is 36.0 Å². The molecule has 1 aliphatic heterocycles. The van der Waals surface area contributed by atoms with E-state index < -0.39 is 30.5 Å². The topological polar surface area (TPSA) is 96.4 Å². The number of nitrogens with zero attached hydrogens (tertiary/aromatic N) is 6. The Morgan fingerprint density at radius 2 is 1.88 bits per heavy atom. The maximum absolute atomic E-state index is 13.1. The standard InChI is InChI=1S/C25H25F6N7O2/c1-15(10-24(26,27)28)37(2)22-21-18(4-3-9-38(21)14-39)35-23(36-22)34-12-16-5-8-20(33-11-16)40-17-6-7-19(32-13-17)25(29,30)31/h5-8,11,13-15H,3-4,9-10,12H2,1-2H3,(H,34,35,36). The first-order valence-electron chi connectivity index (χ1n) is 12.2. The van der Waals surface area contributed by atoms with Crippen LogP contribution in [0.25, 0.3) is 0 Å². The van der Waals surface area contributed by atoms with E-state index in [4.69, 9.17) is 4.74 Å².